The largest absolute Gasteiger partial charge is 0.494 e. The third kappa shape index (κ3) is 5.52. The van der Waals surface area contributed by atoms with Gasteiger partial charge in [-0.05, 0) is 85.5 Å². The molecule has 2 heterocycles. The highest BCUT2D eigenvalue weighted by atomic mass is 19.4. The molecule has 41 heavy (non-hydrogen) atoms. The number of fused-ring (bicyclic) bond motifs is 1. The highest BCUT2D eigenvalue weighted by molar-refractivity contribution is 5.82. The van der Waals surface area contributed by atoms with Crippen LogP contribution in [0.15, 0.2) is 88.9 Å². The van der Waals surface area contributed by atoms with E-state index >= 15 is 0 Å². The van der Waals surface area contributed by atoms with Crippen LogP contribution in [-0.4, -0.2) is 27.0 Å². The van der Waals surface area contributed by atoms with Crippen LogP contribution in [0, 0.1) is 6.92 Å². The molecular weight excluding hydrogens is 529 g/mol. The second-order valence-corrected chi connectivity index (χ2v) is 9.96. The standard InChI is InChI=1S/C32H29F3N4O2/c1-5-41-29-16-21(4)27(18-26(29)20(2)3)30-37-28-14-7-6-13-25(28)31(40)39(30)36-19-24-12-9-15-38(24)23-11-8-10-22(17-23)32(33,34)35/h6-20H,5H2,1-4H3. The molecule has 210 valence electrons. The summed E-state index contributed by atoms with van der Waals surface area (Å²) < 4.78 is 48.8. The van der Waals surface area contributed by atoms with Crippen LogP contribution in [0.25, 0.3) is 28.0 Å². The number of hydrogen-bond donors (Lipinski definition) is 0. The first-order chi connectivity index (χ1) is 19.6. The van der Waals surface area contributed by atoms with Crippen molar-refractivity contribution in [1.82, 2.24) is 14.2 Å². The minimum absolute atomic E-state index is 0.149. The molecule has 0 saturated heterocycles. The molecule has 0 atom stereocenters. The van der Waals surface area contributed by atoms with Crippen LogP contribution in [-0.2, 0) is 6.18 Å². The van der Waals surface area contributed by atoms with E-state index < -0.39 is 11.7 Å². The topological polar surface area (TPSA) is 61.4 Å². The summed E-state index contributed by atoms with van der Waals surface area (Å²) >= 11 is 0. The lowest BCUT2D eigenvalue weighted by Crippen LogP contribution is -2.21. The lowest BCUT2D eigenvalue weighted by molar-refractivity contribution is -0.137. The van der Waals surface area contributed by atoms with E-state index in [2.05, 4.69) is 18.9 Å². The van der Waals surface area contributed by atoms with Crippen LogP contribution in [0.1, 0.15) is 49.1 Å². The minimum Gasteiger partial charge on any atom is -0.494 e. The zero-order valence-electron chi connectivity index (χ0n) is 23.1. The van der Waals surface area contributed by atoms with Gasteiger partial charge in [-0.2, -0.15) is 22.9 Å². The van der Waals surface area contributed by atoms with E-state index in [1.807, 2.05) is 32.0 Å². The molecule has 0 bridgehead atoms. The zero-order chi connectivity index (χ0) is 29.3. The van der Waals surface area contributed by atoms with Gasteiger partial charge in [0.15, 0.2) is 5.82 Å². The highest BCUT2D eigenvalue weighted by Gasteiger charge is 2.30. The first kappa shape index (κ1) is 27.9. The zero-order valence-corrected chi connectivity index (χ0v) is 23.1. The number of benzene rings is 3. The van der Waals surface area contributed by atoms with E-state index in [9.17, 15) is 18.0 Å². The summed E-state index contributed by atoms with van der Waals surface area (Å²) in [6, 6.07) is 19.4. The molecule has 0 N–H and O–H groups in total. The average Bonchev–Trinajstić information content (AvgIpc) is 3.41. The molecule has 0 aliphatic heterocycles. The highest BCUT2D eigenvalue weighted by Crippen LogP contribution is 2.34. The van der Waals surface area contributed by atoms with Gasteiger partial charge in [-0.25, -0.2) is 4.98 Å². The van der Waals surface area contributed by atoms with Crippen LogP contribution in [0.5, 0.6) is 5.75 Å². The van der Waals surface area contributed by atoms with Crippen molar-refractivity contribution in [3.05, 3.63) is 112 Å². The van der Waals surface area contributed by atoms with Crippen molar-refractivity contribution in [3.8, 4) is 22.8 Å². The van der Waals surface area contributed by atoms with Gasteiger partial charge in [0.05, 0.1) is 35.0 Å². The monoisotopic (exact) mass is 558 g/mol. The number of para-hydroxylation sites is 1. The first-order valence-electron chi connectivity index (χ1n) is 13.3. The molecule has 9 heteroatoms. The van der Waals surface area contributed by atoms with E-state index in [-0.39, 0.29) is 11.5 Å². The summed E-state index contributed by atoms with van der Waals surface area (Å²) in [6.07, 6.45) is -1.37. The van der Waals surface area contributed by atoms with E-state index in [4.69, 9.17) is 9.72 Å². The van der Waals surface area contributed by atoms with Gasteiger partial charge in [-0.3, -0.25) is 4.79 Å². The molecule has 0 radical (unpaired) electrons. The summed E-state index contributed by atoms with van der Waals surface area (Å²) in [5, 5.41) is 4.95. The lowest BCUT2D eigenvalue weighted by atomic mass is 9.96. The molecule has 0 amide bonds. The summed E-state index contributed by atoms with van der Waals surface area (Å²) in [4.78, 5) is 18.6. The van der Waals surface area contributed by atoms with E-state index in [1.54, 1.807) is 47.2 Å². The lowest BCUT2D eigenvalue weighted by Gasteiger charge is -2.18. The molecule has 0 unspecified atom stereocenters. The van der Waals surface area contributed by atoms with Crippen LogP contribution < -0.4 is 10.3 Å². The molecule has 5 rings (SSSR count). The molecule has 0 aliphatic rings. The maximum atomic E-state index is 13.7. The van der Waals surface area contributed by atoms with Gasteiger partial charge in [0.1, 0.15) is 5.75 Å². The summed E-state index contributed by atoms with van der Waals surface area (Å²) in [5.74, 6) is 1.28. The maximum Gasteiger partial charge on any atom is 0.416 e. The van der Waals surface area contributed by atoms with Gasteiger partial charge >= 0.3 is 6.18 Å². The molecule has 0 spiro atoms. The number of nitrogens with zero attached hydrogens (tertiary/aromatic N) is 4. The number of hydrogen-bond acceptors (Lipinski definition) is 4. The molecular formula is C32H29F3N4O2. The van der Waals surface area contributed by atoms with Gasteiger partial charge in [-0.15, -0.1) is 0 Å². The molecule has 2 aromatic heterocycles. The SMILES string of the molecule is CCOc1cc(C)c(-c2nc3ccccc3c(=O)n2N=Cc2cccn2-c2cccc(C(F)(F)F)c2)cc1C(C)C. The van der Waals surface area contributed by atoms with Crippen molar-refractivity contribution in [2.24, 2.45) is 5.10 Å². The number of ether oxygens (including phenoxy) is 1. The Hall–Kier alpha value is -4.66. The Balaban J connectivity index is 1.68. The Labute approximate surface area is 235 Å². The van der Waals surface area contributed by atoms with Gasteiger partial charge in [0.25, 0.3) is 5.56 Å². The first-order valence-corrected chi connectivity index (χ1v) is 13.3. The molecule has 0 fully saturated rings. The summed E-state index contributed by atoms with van der Waals surface area (Å²) in [7, 11) is 0. The van der Waals surface area contributed by atoms with Gasteiger partial charge in [-0.1, -0.05) is 32.0 Å². The van der Waals surface area contributed by atoms with Crippen LogP contribution in [0.4, 0.5) is 13.2 Å². The molecule has 3 aromatic carbocycles. The Morgan fingerprint density at radius 1 is 1.02 bits per heavy atom. The second kappa shape index (κ2) is 11.1. The van der Waals surface area contributed by atoms with E-state index in [0.29, 0.717) is 34.7 Å². The van der Waals surface area contributed by atoms with Crippen molar-refractivity contribution >= 4 is 17.1 Å². The Bertz CT molecular complexity index is 1820. The van der Waals surface area contributed by atoms with Gasteiger partial charge in [0, 0.05) is 17.4 Å². The van der Waals surface area contributed by atoms with Crippen LogP contribution in [0.3, 0.4) is 0 Å². The number of aryl methyl sites for hydroxylation is 1. The predicted molar refractivity (Wildman–Crippen MR) is 155 cm³/mol. The third-order valence-electron chi connectivity index (χ3n) is 6.81. The maximum absolute atomic E-state index is 13.7. The smallest absolute Gasteiger partial charge is 0.416 e. The van der Waals surface area contributed by atoms with E-state index in [1.165, 1.54) is 17.0 Å². The Kier molecular flexibility index (Phi) is 7.53. The van der Waals surface area contributed by atoms with Gasteiger partial charge < -0.3 is 9.30 Å². The van der Waals surface area contributed by atoms with Crippen LogP contribution >= 0.6 is 0 Å². The van der Waals surface area contributed by atoms with Crippen LogP contribution in [0.2, 0.25) is 0 Å². The number of rotatable bonds is 7. The average molecular weight is 559 g/mol. The molecule has 6 nitrogen and oxygen atoms in total. The summed E-state index contributed by atoms with van der Waals surface area (Å²) in [5.41, 5.74) is 2.78. The Morgan fingerprint density at radius 2 is 1.80 bits per heavy atom. The number of alkyl halides is 3. The fourth-order valence-electron chi connectivity index (χ4n) is 4.76. The molecule has 0 aliphatic carbocycles. The number of aromatic nitrogens is 3. The fourth-order valence-corrected chi connectivity index (χ4v) is 4.76. The fraction of sp³-hybridized carbons (Fsp3) is 0.219. The number of halogens is 3. The van der Waals surface area contributed by atoms with E-state index in [0.717, 1.165) is 34.6 Å². The predicted octanol–water partition coefficient (Wildman–Crippen LogP) is 7.59. The van der Waals surface area contributed by atoms with Crippen molar-refractivity contribution in [2.45, 2.75) is 39.8 Å². The van der Waals surface area contributed by atoms with Gasteiger partial charge in [0.2, 0.25) is 0 Å². The van der Waals surface area contributed by atoms with Crippen molar-refractivity contribution in [2.75, 3.05) is 6.61 Å². The molecule has 0 saturated carbocycles. The van der Waals surface area contributed by atoms with Crippen molar-refractivity contribution in [3.63, 3.8) is 0 Å². The van der Waals surface area contributed by atoms with Crippen molar-refractivity contribution in [1.29, 1.82) is 0 Å². The third-order valence-corrected chi connectivity index (χ3v) is 6.81. The summed E-state index contributed by atoms with van der Waals surface area (Å²) in [6.45, 7) is 8.51. The van der Waals surface area contributed by atoms with Crippen molar-refractivity contribution < 1.29 is 17.9 Å². The normalized spacial score (nSPS) is 12.1. The molecule has 5 aromatic rings. The quantitative estimate of drug-likeness (QED) is 0.193. The minimum atomic E-state index is -4.47. The Morgan fingerprint density at radius 3 is 2.54 bits per heavy atom. The second-order valence-electron chi connectivity index (χ2n) is 9.96.